The van der Waals surface area contributed by atoms with Gasteiger partial charge < -0.3 is 20.3 Å². The van der Waals surface area contributed by atoms with Gasteiger partial charge in [-0.15, -0.1) is 0 Å². The van der Waals surface area contributed by atoms with Crippen LogP contribution in [0.3, 0.4) is 0 Å². The van der Waals surface area contributed by atoms with Gasteiger partial charge in [-0.25, -0.2) is 9.59 Å². The number of carbonyl (C=O) groups is 2. The third kappa shape index (κ3) is 5.74. The molecule has 0 unspecified atom stereocenters. The van der Waals surface area contributed by atoms with Crippen LogP contribution in [0.1, 0.15) is 25.3 Å². The van der Waals surface area contributed by atoms with Gasteiger partial charge in [0.1, 0.15) is 0 Å². The molecule has 1 saturated heterocycles. The first-order valence-electron chi connectivity index (χ1n) is 7.79. The van der Waals surface area contributed by atoms with E-state index in [0.717, 1.165) is 22.9 Å². The van der Waals surface area contributed by atoms with Crippen molar-refractivity contribution in [2.75, 3.05) is 19.7 Å². The Labute approximate surface area is 144 Å². The maximum absolute atomic E-state index is 11.9. The summed E-state index contributed by atoms with van der Waals surface area (Å²) in [5.74, 6) is 0. The van der Waals surface area contributed by atoms with Crippen LogP contribution in [-0.2, 0) is 11.3 Å². The Morgan fingerprint density at radius 1 is 1.35 bits per heavy atom. The molecule has 1 heterocycles. The van der Waals surface area contributed by atoms with E-state index < -0.39 is 0 Å². The predicted octanol–water partition coefficient (Wildman–Crippen LogP) is 2.87. The van der Waals surface area contributed by atoms with Crippen molar-refractivity contribution >= 4 is 28.1 Å². The molecule has 2 N–H and O–H groups in total. The first kappa shape index (κ1) is 17.6. The third-order valence-electron chi connectivity index (χ3n) is 3.70. The first-order chi connectivity index (χ1) is 11.1. The Morgan fingerprint density at radius 2 is 2.09 bits per heavy atom. The SMILES string of the molecule is CCOC(=O)N1CCC(NC(=O)NCc2cccc(Br)c2)CC1. The summed E-state index contributed by atoms with van der Waals surface area (Å²) in [4.78, 5) is 25.2. The van der Waals surface area contributed by atoms with Gasteiger partial charge in [0.2, 0.25) is 0 Å². The average molecular weight is 384 g/mol. The van der Waals surface area contributed by atoms with Crippen LogP contribution >= 0.6 is 15.9 Å². The summed E-state index contributed by atoms with van der Waals surface area (Å²) in [6.45, 7) is 3.87. The number of nitrogens with one attached hydrogen (secondary N) is 2. The molecule has 0 aromatic heterocycles. The van der Waals surface area contributed by atoms with E-state index in [2.05, 4.69) is 26.6 Å². The average Bonchev–Trinajstić information content (AvgIpc) is 2.54. The largest absolute Gasteiger partial charge is 0.450 e. The molecule has 126 valence electrons. The van der Waals surface area contributed by atoms with E-state index in [-0.39, 0.29) is 18.2 Å². The van der Waals surface area contributed by atoms with Gasteiger partial charge in [-0.2, -0.15) is 0 Å². The molecule has 3 amide bonds. The van der Waals surface area contributed by atoms with Crippen LogP contribution in [-0.4, -0.2) is 42.8 Å². The van der Waals surface area contributed by atoms with Gasteiger partial charge in [0.05, 0.1) is 6.61 Å². The van der Waals surface area contributed by atoms with E-state index in [1.165, 1.54) is 0 Å². The van der Waals surface area contributed by atoms with Crippen molar-refractivity contribution in [1.82, 2.24) is 15.5 Å². The molecule has 0 spiro atoms. The number of urea groups is 1. The number of likely N-dealkylation sites (tertiary alicyclic amines) is 1. The van der Waals surface area contributed by atoms with E-state index in [9.17, 15) is 9.59 Å². The molecule has 1 aromatic rings. The molecule has 0 radical (unpaired) electrons. The molecule has 1 aromatic carbocycles. The van der Waals surface area contributed by atoms with Gasteiger partial charge in [-0.3, -0.25) is 0 Å². The molecule has 6 nitrogen and oxygen atoms in total. The van der Waals surface area contributed by atoms with Crippen molar-refractivity contribution in [1.29, 1.82) is 0 Å². The van der Waals surface area contributed by atoms with Crippen molar-refractivity contribution in [2.24, 2.45) is 0 Å². The summed E-state index contributed by atoms with van der Waals surface area (Å²) in [6, 6.07) is 7.72. The monoisotopic (exact) mass is 383 g/mol. The molecule has 1 fully saturated rings. The van der Waals surface area contributed by atoms with E-state index >= 15 is 0 Å². The molecular formula is C16H22BrN3O3. The summed E-state index contributed by atoms with van der Waals surface area (Å²) in [5, 5.41) is 5.81. The van der Waals surface area contributed by atoms with Crippen molar-refractivity contribution < 1.29 is 14.3 Å². The van der Waals surface area contributed by atoms with Crippen LogP contribution in [0.2, 0.25) is 0 Å². The van der Waals surface area contributed by atoms with Gasteiger partial charge in [-0.05, 0) is 37.5 Å². The number of hydrogen-bond acceptors (Lipinski definition) is 3. The van der Waals surface area contributed by atoms with Crippen molar-refractivity contribution in [2.45, 2.75) is 32.4 Å². The number of halogens is 1. The number of amides is 3. The van der Waals surface area contributed by atoms with Gasteiger partial charge in [-0.1, -0.05) is 28.1 Å². The lowest BCUT2D eigenvalue weighted by molar-refractivity contribution is 0.0957. The number of nitrogens with zero attached hydrogens (tertiary/aromatic N) is 1. The fraction of sp³-hybridized carbons (Fsp3) is 0.500. The van der Waals surface area contributed by atoms with E-state index in [4.69, 9.17) is 4.74 Å². The number of benzene rings is 1. The molecule has 0 saturated carbocycles. The number of rotatable bonds is 4. The van der Waals surface area contributed by atoms with Crippen LogP contribution in [0.15, 0.2) is 28.7 Å². The molecule has 0 aliphatic carbocycles. The van der Waals surface area contributed by atoms with Gasteiger partial charge in [0.15, 0.2) is 0 Å². The highest BCUT2D eigenvalue weighted by Crippen LogP contribution is 2.12. The van der Waals surface area contributed by atoms with Gasteiger partial charge >= 0.3 is 12.1 Å². The number of piperidine rings is 1. The lowest BCUT2D eigenvalue weighted by Crippen LogP contribution is -2.49. The molecule has 0 bridgehead atoms. The Morgan fingerprint density at radius 3 is 2.74 bits per heavy atom. The Balaban J connectivity index is 1.69. The minimum atomic E-state index is -0.273. The zero-order valence-electron chi connectivity index (χ0n) is 13.2. The number of ether oxygens (including phenoxy) is 1. The van der Waals surface area contributed by atoms with Crippen LogP contribution < -0.4 is 10.6 Å². The van der Waals surface area contributed by atoms with E-state index in [1.54, 1.807) is 11.8 Å². The van der Waals surface area contributed by atoms with Crippen molar-refractivity contribution in [3.8, 4) is 0 Å². The second kappa shape index (κ2) is 8.76. The summed E-state index contributed by atoms with van der Waals surface area (Å²) in [5.41, 5.74) is 1.03. The molecule has 7 heteroatoms. The van der Waals surface area contributed by atoms with Crippen LogP contribution in [0.4, 0.5) is 9.59 Å². The van der Waals surface area contributed by atoms with Gasteiger partial charge in [0.25, 0.3) is 0 Å². The Hall–Kier alpha value is -1.76. The van der Waals surface area contributed by atoms with E-state index in [1.807, 2.05) is 24.3 Å². The van der Waals surface area contributed by atoms with Crippen LogP contribution in [0.5, 0.6) is 0 Å². The smallest absolute Gasteiger partial charge is 0.409 e. The maximum atomic E-state index is 11.9. The highest BCUT2D eigenvalue weighted by atomic mass is 79.9. The summed E-state index contributed by atoms with van der Waals surface area (Å²) < 4.78 is 5.97. The number of hydrogen-bond donors (Lipinski definition) is 2. The molecule has 0 atom stereocenters. The zero-order valence-corrected chi connectivity index (χ0v) is 14.8. The molecular weight excluding hydrogens is 362 g/mol. The maximum Gasteiger partial charge on any atom is 0.409 e. The lowest BCUT2D eigenvalue weighted by Gasteiger charge is -2.31. The fourth-order valence-electron chi connectivity index (χ4n) is 2.49. The second-order valence-electron chi connectivity index (χ2n) is 5.42. The number of carbonyl (C=O) groups excluding carboxylic acids is 2. The van der Waals surface area contributed by atoms with Crippen LogP contribution in [0.25, 0.3) is 0 Å². The molecule has 2 rings (SSSR count). The third-order valence-corrected chi connectivity index (χ3v) is 4.19. The standard InChI is InChI=1S/C16H22BrN3O3/c1-2-23-16(22)20-8-6-14(7-9-20)19-15(21)18-11-12-4-3-5-13(17)10-12/h3-5,10,14H,2,6-9,11H2,1H3,(H2,18,19,21). The first-order valence-corrected chi connectivity index (χ1v) is 8.58. The zero-order chi connectivity index (χ0) is 16.7. The highest BCUT2D eigenvalue weighted by molar-refractivity contribution is 9.10. The van der Waals surface area contributed by atoms with Gasteiger partial charge in [0, 0.05) is 30.1 Å². The van der Waals surface area contributed by atoms with E-state index in [0.29, 0.717) is 26.2 Å². The quantitative estimate of drug-likeness (QED) is 0.839. The highest BCUT2D eigenvalue weighted by Gasteiger charge is 2.24. The second-order valence-corrected chi connectivity index (χ2v) is 6.33. The van der Waals surface area contributed by atoms with Crippen LogP contribution in [0, 0.1) is 0 Å². The normalized spacial score (nSPS) is 15.1. The Kier molecular flexibility index (Phi) is 6.70. The fourth-order valence-corrected chi connectivity index (χ4v) is 2.93. The molecule has 23 heavy (non-hydrogen) atoms. The summed E-state index contributed by atoms with van der Waals surface area (Å²) in [7, 11) is 0. The minimum absolute atomic E-state index is 0.0863. The lowest BCUT2D eigenvalue weighted by atomic mass is 10.1. The van der Waals surface area contributed by atoms with Crippen molar-refractivity contribution in [3.63, 3.8) is 0 Å². The van der Waals surface area contributed by atoms with Crippen molar-refractivity contribution in [3.05, 3.63) is 34.3 Å². The predicted molar refractivity (Wildman–Crippen MR) is 91.1 cm³/mol. The Bertz CT molecular complexity index is 545. The molecule has 1 aliphatic heterocycles. The molecule has 1 aliphatic rings. The summed E-state index contributed by atoms with van der Waals surface area (Å²) >= 11 is 3.41. The minimum Gasteiger partial charge on any atom is -0.450 e. The topological polar surface area (TPSA) is 70.7 Å². The summed E-state index contributed by atoms with van der Waals surface area (Å²) in [6.07, 6.45) is 1.21.